The lowest BCUT2D eigenvalue weighted by molar-refractivity contribution is 0.234. The summed E-state index contributed by atoms with van der Waals surface area (Å²) in [6.45, 7) is 7.11. The lowest BCUT2D eigenvalue weighted by Crippen LogP contribution is -2.50. The van der Waals surface area contributed by atoms with Gasteiger partial charge in [-0.3, -0.25) is 9.20 Å². The minimum Gasteiger partial charge on any atom is -0.493 e. The van der Waals surface area contributed by atoms with Crippen LogP contribution in [0.3, 0.4) is 0 Å². The van der Waals surface area contributed by atoms with Crippen molar-refractivity contribution in [3.05, 3.63) is 52.4 Å². The molecule has 0 unspecified atom stereocenters. The van der Waals surface area contributed by atoms with Crippen LogP contribution in [0.2, 0.25) is 0 Å². The Hall–Kier alpha value is -3.06. The van der Waals surface area contributed by atoms with Gasteiger partial charge in [0.15, 0.2) is 11.5 Å². The fourth-order valence-corrected chi connectivity index (χ4v) is 3.95. The Morgan fingerprint density at radius 3 is 2.53 bits per heavy atom. The third-order valence-corrected chi connectivity index (χ3v) is 5.93. The molecule has 1 aromatic carbocycles. The van der Waals surface area contributed by atoms with Gasteiger partial charge in [0, 0.05) is 43.5 Å². The number of aryl methyl sites for hydroxylation is 1. The average molecular weight is 409 g/mol. The van der Waals surface area contributed by atoms with Crippen LogP contribution in [-0.4, -0.2) is 61.2 Å². The molecular weight excluding hydrogens is 380 g/mol. The molecule has 7 nitrogen and oxygen atoms in total. The van der Waals surface area contributed by atoms with E-state index in [4.69, 9.17) is 14.5 Å². The van der Waals surface area contributed by atoms with E-state index in [2.05, 4.69) is 29.8 Å². The second-order valence-electron chi connectivity index (χ2n) is 7.90. The third-order valence-electron chi connectivity index (χ3n) is 5.93. The fraction of sp³-hybridized carbons (Fsp3) is 0.391. The van der Waals surface area contributed by atoms with E-state index in [-0.39, 0.29) is 5.56 Å². The molecule has 4 rings (SSSR count). The zero-order valence-electron chi connectivity index (χ0n) is 18.2. The minimum atomic E-state index is -0.100. The molecule has 7 heteroatoms. The van der Waals surface area contributed by atoms with Gasteiger partial charge in [-0.15, -0.1) is 0 Å². The fourth-order valence-electron chi connectivity index (χ4n) is 3.95. The molecule has 0 spiro atoms. The molecule has 1 saturated heterocycles. The van der Waals surface area contributed by atoms with E-state index in [1.165, 1.54) is 0 Å². The molecule has 0 N–H and O–H groups in total. The maximum atomic E-state index is 13.0. The van der Waals surface area contributed by atoms with Crippen LogP contribution >= 0.6 is 0 Å². The molecule has 1 aliphatic rings. The number of hydrogen-bond donors (Lipinski definition) is 0. The number of fused-ring (bicyclic) bond motifs is 1. The molecule has 158 valence electrons. The van der Waals surface area contributed by atoms with Gasteiger partial charge in [0.05, 0.1) is 25.6 Å². The van der Waals surface area contributed by atoms with Crippen molar-refractivity contribution < 1.29 is 9.47 Å². The predicted octanol–water partition coefficient (Wildman–Crippen LogP) is 2.83. The van der Waals surface area contributed by atoms with Crippen molar-refractivity contribution in [1.29, 1.82) is 0 Å². The molecule has 0 bridgehead atoms. The van der Waals surface area contributed by atoms with E-state index in [1.54, 1.807) is 24.7 Å². The topological polar surface area (TPSA) is 59.3 Å². The van der Waals surface area contributed by atoms with Crippen LogP contribution in [0.1, 0.15) is 12.5 Å². The number of hydrogen-bond acceptors (Lipinski definition) is 6. The first-order valence-corrected chi connectivity index (χ1v) is 10.1. The highest BCUT2D eigenvalue weighted by Crippen LogP contribution is 2.31. The molecule has 0 radical (unpaired) electrons. The number of aromatic nitrogens is 2. The Balaban J connectivity index is 1.77. The maximum Gasteiger partial charge on any atom is 0.258 e. The van der Waals surface area contributed by atoms with E-state index < -0.39 is 0 Å². The summed E-state index contributed by atoms with van der Waals surface area (Å²) in [5.74, 6) is 1.24. The van der Waals surface area contributed by atoms with Crippen LogP contribution in [0, 0.1) is 6.92 Å². The number of pyridine rings is 1. The predicted molar refractivity (Wildman–Crippen MR) is 119 cm³/mol. The average Bonchev–Trinajstić information content (AvgIpc) is 2.75. The highest BCUT2D eigenvalue weighted by atomic mass is 16.5. The number of anilines is 1. The van der Waals surface area contributed by atoms with Crippen LogP contribution in [0.4, 0.5) is 5.69 Å². The van der Waals surface area contributed by atoms with Crippen LogP contribution in [0.5, 0.6) is 11.5 Å². The van der Waals surface area contributed by atoms with Crippen molar-refractivity contribution in [1.82, 2.24) is 14.3 Å². The Kier molecular flexibility index (Phi) is 5.39. The first-order chi connectivity index (χ1) is 14.4. The number of likely N-dealkylation sites (N-methyl/N-ethyl adjacent to an activating group) is 1. The molecule has 0 saturated carbocycles. The van der Waals surface area contributed by atoms with Crippen molar-refractivity contribution in [3.63, 3.8) is 0 Å². The Bertz CT molecular complexity index is 1140. The zero-order valence-corrected chi connectivity index (χ0v) is 18.2. The highest BCUT2D eigenvalue weighted by Gasteiger charge is 2.22. The molecule has 1 atom stereocenters. The van der Waals surface area contributed by atoms with Gasteiger partial charge in [-0.1, -0.05) is 0 Å². The summed E-state index contributed by atoms with van der Waals surface area (Å²) >= 11 is 0. The standard InChI is InChI=1S/C23H28N4O3/c1-15-10-18(26-9-8-25(3)16(2)13-26)14-27-22(28)12-19(24-23(15)27)17-6-7-20(29-4)21(11-17)30-5/h6-7,10-12,14,16H,8-9,13H2,1-5H3/t16-/m1/s1. The minimum absolute atomic E-state index is 0.100. The van der Waals surface area contributed by atoms with Gasteiger partial charge in [-0.2, -0.15) is 0 Å². The van der Waals surface area contributed by atoms with Gasteiger partial charge in [0.25, 0.3) is 5.56 Å². The molecule has 0 aliphatic carbocycles. The molecule has 30 heavy (non-hydrogen) atoms. The largest absolute Gasteiger partial charge is 0.493 e. The second kappa shape index (κ2) is 7.99. The lowest BCUT2D eigenvalue weighted by atomic mass is 10.1. The molecule has 3 heterocycles. The summed E-state index contributed by atoms with van der Waals surface area (Å²) in [6, 6.07) is 9.71. The van der Waals surface area contributed by atoms with Crippen LogP contribution in [0.15, 0.2) is 41.3 Å². The van der Waals surface area contributed by atoms with Crippen LogP contribution in [0.25, 0.3) is 16.9 Å². The van der Waals surface area contributed by atoms with Crippen molar-refractivity contribution in [2.75, 3.05) is 45.8 Å². The van der Waals surface area contributed by atoms with Crippen LogP contribution in [-0.2, 0) is 0 Å². The monoisotopic (exact) mass is 408 g/mol. The molecule has 3 aromatic rings. The summed E-state index contributed by atoms with van der Waals surface area (Å²) < 4.78 is 12.4. The van der Waals surface area contributed by atoms with Gasteiger partial charge in [-0.05, 0) is 50.7 Å². The number of piperazine rings is 1. The summed E-state index contributed by atoms with van der Waals surface area (Å²) in [7, 11) is 5.34. The van der Waals surface area contributed by atoms with E-state index in [0.29, 0.717) is 28.9 Å². The normalized spacial score (nSPS) is 17.4. The SMILES string of the molecule is COc1ccc(-c2cc(=O)n3cc(N4CCN(C)[C@H](C)C4)cc(C)c3n2)cc1OC. The maximum absolute atomic E-state index is 13.0. The van der Waals surface area contributed by atoms with Crippen molar-refractivity contribution in [2.24, 2.45) is 0 Å². The third kappa shape index (κ3) is 3.61. The van der Waals surface area contributed by atoms with E-state index in [1.807, 2.05) is 31.3 Å². The molecule has 1 fully saturated rings. The Morgan fingerprint density at radius 2 is 1.83 bits per heavy atom. The van der Waals surface area contributed by atoms with Crippen molar-refractivity contribution in [3.8, 4) is 22.8 Å². The quantitative estimate of drug-likeness (QED) is 0.662. The molecule has 2 aromatic heterocycles. The number of methoxy groups -OCH3 is 2. The highest BCUT2D eigenvalue weighted by molar-refractivity contribution is 5.67. The first kappa shape index (κ1) is 20.2. The Morgan fingerprint density at radius 1 is 1.07 bits per heavy atom. The first-order valence-electron chi connectivity index (χ1n) is 10.1. The molecule has 1 aliphatic heterocycles. The van der Waals surface area contributed by atoms with Gasteiger partial charge in [0.1, 0.15) is 5.65 Å². The van der Waals surface area contributed by atoms with Crippen molar-refractivity contribution >= 4 is 11.3 Å². The van der Waals surface area contributed by atoms with Gasteiger partial charge in [-0.25, -0.2) is 4.98 Å². The summed E-state index contributed by atoms with van der Waals surface area (Å²) in [5.41, 5.74) is 4.02. The van der Waals surface area contributed by atoms with Crippen molar-refractivity contribution in [2.45, 2.75) is 19.9 Å². The Labute approximate surface area is 176 Å². The van der Waals surface area contributed by atoms with E-state index >= 15 is 0 Å². The van der Waals surface area contributed by atoms with Gasteiger partial charge < -0.3 is 19.3 Å². The second-order valence-corrected chi connectivity index (χ2v) is 7.90. The smallest absolute Gasteiger partial charge is 0.258 e. The number of rotatable bonds is 4. The molecule has 0 amide bonds. The molecular formula is C23H28N4O3. The number of ether oxygens (including phenoxy) is 2. The lowest BCUT2D eigenvalue weighted by Gasteiger charge is -2.39. The summed E-state index contributed by atoms with van der Waals surface area (Å²) in [6.07, 6.45) is 1.91. The number of benzene rings is 1. The summed E-state index contributed by atoms with van der Waals surface area (Å²) in [4.78, 5) is 22.5. The van der Waals surface area contributed by atoms with Gasteiger partial charge in [0.2, 0.25) is 0 Å². The summed E-state index contributed by atoms with van der Waals surface area (Å²) in [5, 5.41) is 0. The van der Waals surface area contributed by atoms with E-state index in [0.717, 1.165) is 36.4 Å². The zero-order chi connectivity index (χ0) is 21.4. The van der Waals surface area contributed by atoms with Gasteiger partial charge >= 0.3 is 0 Å². The van der Waals surface area contributed by atoms with E-state index in [9.17, 15) is 4.79 Å². The van der Waals surface area contributed by atoms with Crippen LogP contribution < -0.4 is 19.9 Å². The number of nitrogens with zero attached hydrogens (tertiary/aromatic N) is 4.